The lowest BCUT2D eigenvalue weighted by Gasteiger charge is -2.29. The molecular formula is C28H31N7O3S. The van der Waals surface area contributed by atoms with Gasteiger partial charge in [0, 0.05) is 12.0 Å². The molecule has 0 saturated heterocycles. The molecule has 6 rings (SSSR count). The first-order valence-electron chi connectivity index (χ1n) is 13.5. The van der Waals surface area contributed by atoms with Gasteiger partial charge in [-0.2, -0.15) is 0 Å². The van der Waals surface area contributed by atoms with Gasteiger partial charge >= 0.3 is 0 Å². The summed E-state index contributed by atoms with van der Waals surface area (Å²) >= 11 is 0. The van der Waals surface area contributed by atoms with E-state index in [1.54, 1.807) is 48.3 Å². The lowest BCUT2D eigenvalue weighted by atomic mass is 9.93. The molecule has 0 amide bonds. The molecule has 0 aliphatic heterocycles. The minimum Gasteiger partial charge on any atom is -0.359 e. The van der Waals surface area contributed by atoms with Gasteiger partial charge in [0.05, 0.1) is 39.8 Å². The van der Waals surface area contributed by atoms with Crippen molar-refractivity contribution in [2.24, 2.45) is 0 Å². The molecule has 1 N–H and O–H groups in total. The van der Waals surface area contributed by atoms with Gasteiger partial charge in [-0.15, -0.1) is 0 Å². The smallest absolute Gasteiger partial charge is 0.295 e. The summed E-state index contributed by atoms with van der Waals surface area (Å²) in [5.74, 6) is 1.19. The number of nitrogens with one attached hydrogen (secondary N) is 1. The molecule has 11 heteroatoms. The van der Waals surface area contributed by atoms with E-state index in [4.69, 9.17) is 4.98 Å². The van der Waals surface area contributed by atoms with Crippen LogP contribution in [0, 0.1) is 6.92 Å². The van der Waals surface area contributed by atoms with Crippen LogP contribution >= 0.6 is 0 Å². The predicted molar refractivity (Wildman–Crippen MR) is 148 cm³/mol. The minimum atomic E-state index is -3.28. The number of benzene rings is 1. The van der Waals surface area contributed by atoms with Crippen LogP contribution in [0.25, 0.3) is 22.6 Å². The fourth-order valence-electron chi connectivity index (χ4n) is 5.05. The zero-order valence-electron chi connectivity index (χ0n) is 22.3. The number of hydrogen-bond acceptors (Lipinski definition) is 9. The number of aryl methyl sites for hydroxylation is 1. The number of hydrogen-bond donors (Lipinski definition) is 1. The molecule has 0 bridgehead atoms. The minimum absolute atomic E-state index is 0.0460. The molecule has 3 heterocycles. The zero-order valence-corrected chi connectivity index (χ0v) is 23.1. The van der Waals surface area contributed by atoms with Crippen molar-refractivity contribution >= 4 is 26.8 Å². The molecular weight excluding hydrogens is 514 g/mol. The molecule has 2 saturated carbocycles. The van der Waals surface area contributed by atoms with Crippen LogP contribution in [-0.4, -0.2) is 43.7 Å². The SMILES string of the molecule is CCS(=O)(=O)c1ccc([C@H](C)Nc2nc3cnc(-c4c(C)ncnc4C4CC4)nc3n(C3CCC3)c2=O)cc1. The van der Waals surface area contributed by atoms with E-state index in [2.05, 4.69) is 25.3 Å². The van der Waals surface area contributed by atoms with Gasteiger partial charge in [-0.3, -0.25) is 9.36 Å². The maximum Gasteiger partial charge on any atom is 0.295 e. The van der Waals surface area contributed by atoms with Gasteiger partial charge in [0.2, 0.25) is 0 Å². The van der Waals surface area contributed by atoms with Crippen molar-refractivity contribution < 1.29 is 8.42 Å². The summed E-state index contributed by atoms with van der Waals surface area (Å²) in [7, 11) is -3.28. The molecule has 0 unspecified atom stereocenters. The van der Waals surface area contributed by atoms with Crippen LogP contribution in [0.3, 0.4) is 0 Å². The second kappa shape index (κ2) is 9.78. The Morgan fingerprint density at radius 1 is 1.05 bits per heavy atom. The van der Waals surface area contributed by atoms with Crippen LogP contribution in [-0.2, 0) is 9.84 Å². The standard InChI is InChI=1S/C28H31N7O3S/c1-4-39(37,38)21-12-10-18(11-13-21)16(2)32-26-28(36)35(20-6-5-7-20)27-22(33-26)14-29-25(34-27)23-17(3)30-15-31-24(23)19-8-9-19/h10-16,19-20H,4-9H2,1-3H3,(H,32,33)/t16-/m0/s1. The Balaban J connectivity index is 1.39. The molecule has 10 nitrogen and oxygen atoms in total. The molecule has 0 spiro atoms. The van der Waals surface area contributed by atoms with E-state index < -0.39 is 9.84 Å². The maximum absolute atomic E-state index is 13.8. The average molecular weight is 546 g/mol. The monoisotopic (exact) mass is 545 g/mol. The average Bonchev–Trinajstić information content (AvgIpc) is 3.75. The molecule has 2 fully saturated rings. The highest BCUT2D eigenvalue weighted by atomic mass is 32.2. The van der Waals surface area contributed by atoms with Crippen LogP contribution < -0.4 is 10.9 Å². The number of anilines is 1. The summed E-state index contributed by atoms with van der Waals surface area (Å²) in [5, 5.41) is 3.25. The van der Waals surface area contributed by atoms with Crippen LogP contribution in [0.1, 0.15) is 80.9 Å². The number of nitrogens with zero attached hydrogens (tertiary/aromatic N) is 6. The Morgan fingerprint density at radius 2 is 1.79 bits per heavy atom. The fraction of sp³-hybridized carbons (Fsp3) is 0.429. The Hall–Kier alpha value is -3.73. The van der Waals surface area contributed by atoms with Gasteiger partial charge in [0.25, 0.3) is 5.56 Å². The van der Waals surface area contributed by atoms with Gasteiger partial charge in [0.15, 0.2) is 27.1 Å². The van der Waals surface area contributed by atoms with E-state index in [9.17, 15) is 13.2 Å². The summed E-state index contributed by atoms with van der Waals surface area (Å²) in [6.07, 6.45) is 8.32. The van der Waals surface area contributed by atoms with E-state index in [0.29, 0.717) is 22.9 Å². The van der Waals surface area contributed by atoms with Crippen molar-refractivity contribution in [1.82, 2.24) is 29.5 Å². The Morgan fingerprint density at radius 3 is 2.44 bits per heavy atom. The van der Waals surface area contributed by atoms with Crippen molar-refractivity contribution in [3.63, 3.8) is 0 Å². The normalized spacial score (nSPS) is 16.7. The summed E-state index contributed by atoms with van der Waals surface area (Å²) in [6.45, 7) is 5.48. The topological polar surface area (TPSA) is 133 Å². The van der Waals surface area contributed by atoms with Gasteiger partial charge in [0.1, 0.15) is 11.8 Å². The van der Waals surface area contributed by atoms with Gasteiger partial charge < -0.3 is 5.32 Å². The van der Waals surface area contributed by atoms with E-state index in [0.717, 1.165) is 54.6 Å². The summed E-state index contributed by atoms with van der Waals surface area (Å²) in [5.41, 5.74) is 4.31. The van der Waals surface area contributed by atoms with Gasteiger partial charge in [-0.25, -0.2) is 33.3 Å². The van der Waals surface area contributed by atoms with Crippen molar-refractivity contribution in [3.8, 4) is 11.4 Å². The highest BCUT2D eigenvalue weighted by Gasteiger charge is 2.31. The van der Waals surface area contributed by atoms with Crippen LogP contribution in [0.2, 0.25) is 0 Å². The highest BCUT2D eigenvalue weighted by Crippen LogP contribution is 2.43. The third kappa shape index (κ3) is 4.69. The number of fused-ring (bicyclic) bond motifs is 1. The van der Waals surface area contributed by atoms with Crippen molar-refractivity contribution in [3.05, 3.63) is 64.1 Å². The lowest BCUT2D eigenvalue weighted by molar-refractivity contribution is 0.313. The summed E-state index contributed by atoms with van der Waals surface area (Å²) in [4.78, 5) is 37.2. The molecule has 202 valence electrons. The maximum atomic E-state index is 13.8. The zero-order chi connectivity index (χ0) is 27.3. The second-order valence-electron chi connectivity index (χ2n) is 10.5. The Labute approximate surface area is 226 Å². The number of sulfone groups is 1. The summed E-state index contributed by atoms with van der Waals surface area (Å²) in [6, 6.07) is 6.52. The highest BCUT2D eigenvalue weighted by molar-refractivity contribution is 7.91. The molecule has 0 radical (unpaired) electrons. The molecule has 2 aliphatic carbocycles. The Bertz CT molecular complexity index is 1730. The predicted octanol–water partition coefficient (Wildman–Crippen LogP) is 4.52. The van der Waals surface area contributed by atoms with Crippen molar-refractivity contribution in [2.75, 3.05) is 11.1 Å². The van der Waals surface area contributed by atoms with E-state index in [1.165, 1.54) is 0 Å². The molecule has 39 heavy (non-hydrogen) atoms. The van der Waals surface area contributed by atoms with E-state index in [1.807, 2.05) is 13.8 Å². The van der Waals surface area contributed by atoms with Crippen LogP contribution in [0.15, 0.2) is 46.5 Å². The van der Waals surface area contributed by atoms with Crippen molar-refractivity contribution in [1.29, 1.82) is 0 Å². The first kappa shape index (κ1) is 25.5. The van der Waals surface area contributed by atoms with Crippen LogP contribution in [0.4, 0.5) is 5.82 Å². The van der Waals surface area contributed by atoms with E-state index >= 15 is 0 Å². The fourth-order valence-corrected chi connectivity index (χ4v) is 5.94. The molecule has 4 aromatic rings. The number of aromatic nitrogens is 6. The quantitative estimate of drug-likeness (QED) is 0.339. The first-order chi connectivity index (χ1) is 18.8. The molecule has 3 aromatic heterocycles. The van der Waals surface area contributed by atoms with Crippen LogP contribution in [0.5, 0.6) is 0 Å². The number of rotatable bonds is 8. The van der Waals surface area contributed by atoms with Gasteiger partial charge in [-0.1, -0.05) is 19.1 Å². The van der Waals surface area contributed by atoms with E-state index in [-0.39, 0.29) is 34.1 Å². The molecule has 1 atom stereocenters. The third-order valence-corrected chi connectivity index (χ3v) is 9.55. The Kier molecular flexibility index (Phi) is 6.41. The lowest BCUT2D eigenvalue weighted by Crippen LogP contribution is -2.33. The molecule has 2 aliphatic rings. The largest absolute Gasteiger partial charge is 0.359 e. The first-order valence-corrected chi connectivity index (χ1v) is 15.1. The molecule has 1 aromatic carbocycles. The van der Waals surface area contributed by atoms with Gasteiger partial charge in [-0.05, 0) is 63.6 Å². The third-order valence-electron chi connectivity index (χ3n) is 7.80. The van der Waals surface area contributed by atoms with Crippen molar-refractivity contribution in [2.45, 2.75) is 75.8 Å². The summed E-state index contributed by atoms with van der Waals surface area (Å²) < 4.78 is 26.1. The second-order valence-corrected chi connectivity index (χ2v) is 12.7.